The lowest BCUT2D eigenvalue weighted by molar-refractivity contribution is 0.196. The Labute approximate surface area is 147 Å². The Morgan fingerprint density at radius 3 is 2.84 bits per heavy atom. The number of aromatic amines is 1. The Kier molecular flexibility index (Phi) is 4.52. The summed E-state index contributed by atoms with van der Waals surface area (Å²) in [5.41, 5.74) is 4.07. The van der Waals surface area contributed by atoms with E-state index in [4.69, 9.17) is 0 Å². The number of nitrogens with one attached hydrogen (secondary N) is 1. The molecule has 1 aliphatic heterocycles. The van der Waals surface area contributed by atoms with Crippen LogP contribution in [0.3, 0.4) is 0 Å². The van der Waals surface area contributed by atoms with Crippen molar-refractivity contribution in [2.24, 2.45) is 0 Å². The van der Waals surface area contributed by atoms with Crippen LogP contribution >= 0.6 is 0 Å². The smallest absolute Gasteiger partial charge is 0.158 e. The fourth-order valence-electron chi connectivity index (χ4n) is 3.51. The van der Waals surface area contributed by atoms with Crippen molar-refractivity contribution in [3.63, 3.8) is 0 Å². The van der Waals surface area contributed by atoms with Crippen LogP contribution in [-0.2, 0) is 6.54 Å². The summed E-state index contributed by atoms with van der Waals surface area (Å²) in [5.74, 6) is 1.18. The van der Waals surface area contributed by atoms with Crippen molar-refractivity contribution in [2.45, 2.75) is 32.2 Å². The molecule has 0 saturated carbocycles. The van der Waals surface area contributed by atoms with E-state index in [-0.39, 0.29) is 0 Å². The van der Waals surface area contributed by atoms with Crippen LogP contribution in [0.1, 0.15) is 35.8 Å². The number of pyridine rings is 1. The van der Waals surface area contributed by atoms with Crippen molar-refractivity contribution in [2.75, 3.05) is 13.1 Å². The third-order valence-corrected chi connectivity index (χ3v) is 4.66. The molecule has 1 saturated heterocycles. The fraction of sp³-hybridized carbons (Fsp3) is 0.368. The first-order valence-electron chi connectivity index (χ1n) is 8.75. The number of imidazole rings is 1. The van der Waals surface area contributed by atoms with E-state index in [9.17, 15) is 0 Å². The monoisotopic (exact) mass is 334 g/mol. The maximum Gasteiger partial charge on any atom is 0.158 e. The second kappa shape index (κ2) is 7.11. The highest BCUT2D eigenvalue weighted by atomic mass is 15.1. The molecule has 0 radical (unpaired) electrons. The van der Waals surface area contributed by atoms with Gasteiger partial charge in [0.15, 0.2) is 5.82 Å². The second-order valence-corrected chi connectivity index (χ2v) is 6.60. The number of aryl methyl sites for hydroxylation is 1. The number of likely N-dealkylation sites (tertiary alicyclic amines) is 1. The Balaban J connectivity index is 1.56. The van der Waals surface area contributed by atoms with Crippen molar-refractivity contribution < 1.29 is 0 Å². The number of rotatable bonds is 4. The van der Waals surface area contributed by atoms with Crippen molar-refractivity contribution in [3.05, 3.63) is 60.1 Å². The van der Waals surface area contributed by atoms with Crippen LogP contribution in [0.15, 0.2) is 43.0 Å². The summed E-state index contributed by atoms with van der Waals surface area (Å²) in [5, 5.41) is 0. The molecular weight excluding hydrogens is 312 g/mol. The van der Waals surface area contributed by atoms with Crippen LogP contribution in [0.5, 0.6) is 0 Å². The van der Waals surface area contributed by atoms with Gasteiger partial charge in [-0.15, -0.1) is 0 Å². The first-order valence-corrected chi connectivity index (χ1v) is 8.75. The Morgan fingerprint density at radius 2 is 2.04 bits per heavy atom. The van der Waals surface area contributed by atoms with Gasteiger partial charge < -0.3 is 4.98 Å². The van der Waals surface area contributed by atoms with Crippen LogP contribution in [0.25, 0.3) is 11.5 Å². The molecule has 0 bridgehead atoms. The van der Waals surface area contributed by atoms with Crippen molar-refractivity contribution in [3.8, 4) is 11.5 Å². The minimum atomic E-state index is 0.367. The summed E-state index contributed by atoms with van der Waals surface area (Å²) in [6, 6.07) is 6.09. The van der Waals surface area contributed by atoms with E-state index in [1.807, 2.05) is 31.5 Å². The summed E-state index contributed by atoms with van der Waals surface area (Å²) < 4.78 is 0. The number of aromatic nitrogens is 5. The molecule has 1 N–H and O–H groups in total. The zero-order valence-corrected chi connectivity index (χ0v) is 14.4. The molecule has 1 fully saturated rings. The highest BCUT2D eigenvalue weighted by molar-refractivity contribution is 5.53. The van der Waals surface area contributed by atoms with Crippen LogP contribution in [-0.4, -0.2) is 42.9 Å². The first kappa shape index (κ1) is 15.9. The molecule has 1 aliphatic rings. The predicted molar refractivity (Wildman–Crippen MR) is 95.8 cm³/mol. The number of piperidine rings is 1. The number of nitrogens with zero attached hydrogens (tertiary/aromatic N) is 5. The highest BCUT2D eigenvalue weighted by Crippen LogP contribution is 2.31. The molecule has 4 heterocycles. The lowest BCUT2D eigenvalue weighted by Crippen LogP contribution is -2.34. The van der Waals surface area contributed by atoms with Gasteiger partial charge in [0, 0.05) is 49.5 Å². The second-order valence-electron chi connectivity index (χ2n) is 6.60. The molecule has 1 unspecified atom stereocenters. The van der Waals surface area contributed by atoms with Crippen molar-refractivity contribution >= 4 is 0 Å². The van der Waals surface area contributed by atoms with E-state index < -0.39 is 0 Å². The average Bonchev–Trinajstić information content (AvgIpc) is 3.09. The van der Waals surface area contributed by atoms with Gasteiger partial charge >= 0.3 is 0 Å². The van der Waals surface area contributed by atoms with Gasteiger partial charge in [0.05, 0.1) is 11.4 Å². The summed E-state index contributed by atoms with van der Waals surface area (Å²) in [6.45, 7) is 4.96. The lowest BCUT2D eigenvalue weighted by Gasteiger charge is -2.32. The largest absolute Gasteiger partial charge is 0.341 e. The quantitative estimate of drug-likeness (QED) is 0.794. The normalized spacial score (nSPS) is 18.4. The molecule has 1 atom stereocenters. The van der Waals surface area contributed by atoms with Gasteiger partial charge in [-0.05, 0) is 38.4 Å². The van der Waals surface area contributed by atoms with Gasteiger partial charge in [-0.3, -0.25) is 14.9 Å². The van der Waals surface area contributed by atoms with E-state index in [0.717, 1.165) is 61.1 Å². The van der Waals surface area contributed by atoms with Gasteiger partial charge in [0.2, 0.25) is 0 Å². The molecule has 4 rings (SSSR count). The molecular formula is C19H22N6. The Hall–Kier alpha value is -2.60. The van der Waals surface area contributed by atoms with Crippen LogP contribution in [0, 0.1) is 6.92 Å². The molecule has 25 heavy (non-hydrogen) atoms. The minimum Gasteiger partial charge on any atom is -0.341 e. The van der Waals surface area contributed by atoms with Crippen LogP contribution in [0.2, 0.25) is 0 Å². The maximum absolute atomic E-state index is 4.66. The van der Waals surface area contributed by atoms with Gasteiger partial charge in [0.1, 0.15) is 5.69 Å². The molecule has 6 heteroatoms. The number of H-pyrrole nitrogens is 1. The third-order valence-electron chi connectivity index (χ3n) is 4.66. The molecule has 3 aromatic rings. The van der Waals surface area contributed by atoms with Gasteiger partial charge in [0.25, 0.3) is 0 Å². The topological polar surface area (TPSA) is 70.6 Å². The predicted octanol–water partition coefficient (Wildman–Crippen LogP) is 2.95. The molecule has 0 spiro atoms. The average molecular weight is 334 g/mol. The van der Waals surface area contributed by atoms with Crippen molar-refractivity contribution in [1.82, 2.24) is 29.8 Å². The van der Waals surface area contributed by atoms with Gasteiger partial charge in [-0.1, -0.05) is 6.07 Å². The summed E-state index contributed by atoms with van der Waals surface area (Å²) in [7, 11) is 0. The highest BCUT2D eigenvalue weighted by Gasteiger charge is 2.26. The fourth-order valence-corrected chi connectivity index (χ4v) is 3.51. The summed E-state index contributed by atoms with van der Waals surface area (Å²) in [6.07, 6.45) is 9.51. The number of hydrogen-bond acceptors (Lipinski definition) is 5. The standard InChI is InChI=1S/C19H22N6/c1-14-11-23-19(24-14)18-17(21-8-9-22-18)15-5-4-10-25(12-15)13-16-6-2-3-7-20-16/h2-3,6-9,11,15H,4-5,10,12-13H2,1H3,(H,23,24). The molecule has 128 valence electrons. The summed E-state index contributed by atoms with van der Waals surface area (Å²) >= 11 is 0. The molecule has 3 aromatic heterocycles. The van der Waals surface area contributed by atoms with E-state index in [0.29, 0.717) is 5.92 Å². The zero-order chi connectivity index (χ0) is 17.1. The van der Waals surface area contributed by atoms with E-state index in [1.165, 1.54) is 0 Å². The van der Waals surface area contributed by atoms with E-state index in [1.54, 1.807) is 12.4 Å². The zero-order valence-electron chi connectivity index (χ0n) is 14.4. The minimum absolute atomic E-state index is 0.367. The molecule has 6 nitrogen and oxygen atoms in total. The molecule has 0 amide bonds. The Bertz CT molecular complexity index is 829. The number of hydrogen-bond donors (Lipinski definition) is 1. The van der Waals surface area contributed by atoms with Crippen LogP contribution in [0.4, 0.5) is 0 Å². The first-order chi connectivity index (χ1) is 12.3. The van der Waals surface area contributed by atoms with E-state index in [2.05, 4.69) is 35.9 Å². The van der Waals surface area contributed by atoms with Gasteiger partial charge in [-0.2, -0.15) is 0 Å². The van der Waals surface area contributed by atoms with Crippen LogP contribution < -0.4 is 0 Å². The van der Waals surface area contributed by atoms with Gasteiger partial charge in [-0.25, -0.2) is 9.97 Å². The SMILES string of the molecule is Cc1cnc(-c2nccnc2C2CCCN(Cc3ccccn3)C2)[nH]1. The third kappa shape index (κ3) is 3.58. The summed E-state index contributed by atoms with van der Waals surface area (Å²) in [4.78, 5) is 23.9. The maximum atomic E-state index is 4.66. The van der Waals surface area contributed by atoms with Crippen molar-refractivity contribution in [1.29, 1.82) is 0 Å². The lowest BCUT2D eigenvalue weighted by atomic mass is 9.93. The molecule has 0 aromatic carbocycles. The van der Waals surface area contributed by atoms with E-state index >= 15 is 0 Å². The molecule has 0 aliphatic carbocycles. The Morgan fingerprint density at radius 1 is 1.12 bits per heavy atom.